The molecule has 1 aliphatic rings. The second-order valence-electron chi connectivity index (χ2n) is 6.58. The van der Waals surface area contributed by atoms with Crippen LogP contribution < -0.4 is 15.5 Å². The van der Waals surface area contributed by atoms with Gasteiger partial charge in [0, 0.05) is 49.1 Å². The minimum atomic E-state index is -0.0654. The van der Waals surface area contributed by atoms with E-state index in [0.29, 0.717) is 11.6 Å². The Bertz CT molecular complexity index is 727. The molecule has 2 aromatic carbocycles. The number of hydrogen-bond acceptors (Lipinski definition) is 4. The van der Waals surface area contributed by atoms with Crippen LogP contribution in [0, 0.1) is 0 Å². The summed E-state index contributed by atoms with van der Waals surface area (Å²) in [4.78, 5) is 16.8. The van der Waals surface area contributed by atoms with Crippen LogP contribution in [-0.4, -0.2) is 50.6 Å². The molecule has 0 atom stereocenters. The van der Waals surface area contributed by atoms with Crippen LogP contribution in [0.4, 0.5) is 11.4 Å². The number of amides is 1. The van der Waals surface area contributed by atoms with E-state index in [0.717, 1.165) is 37.4 Å². The van der Waals surface area contributed by atoms with E-state index in [1.54, 1.807) is 0 Å². The Balaban J connectivity index is 1.45. The summed E-state index contributed by atoms with van der Waals surface area (Å²) in [6.07, 6.45) is 0. The van der Waals surface area contributed by atoms with Crippen LogP contribution in [0.1, 0.15) is 5.56 Å². The van der Waals surface area contributed by atoms with E-state index in [-0.39, 0.29) is 12.5 Å². The predicted octanol–water partition coefficient (Wildman–Crippen LogP) is 2.82. The molecule has 0 bridgehead atoms. The van der Waals surface area contributed by atoms with Crippen LogP contribution in [0.3, 0.4) is 0 Å². The first-order valence-electron chi connectivity index (χ1n) is 8.89. The molecular formula is C20H25ClN4O. The van der Waals surface area contributed by atoms with E-state index >= 15 is 0 Å². The Hall–Kier alpha value is -2.08. The zero-order chi connectivity index (χ0) is 18.4. The molecule has 1 amide bonds. The van der Waals surface area contributed by atoms with E-state index in [1.165, 1.54) is 5.69 Å². The molecule has 2 N–H and O–H groups in total. The number of halogens is 1. The van der Waals surface area contributed by atoms with Crippen LogP contribution in [0.15, 0.2) is 48.5 Å². The molecule has 1 fully saturated rings. The largest absolute Gasteiger partial charge is 0.369 e. The zero-order valence-electron chi connectivity index (χ0n) is 15.0. The van der Waals surface area contributed by atoms with Crippen molar-refractivity contribution >= 4 is 28.9 Å². The monoisotopic (exact) mass is 372 g/mol. The topological polar surface area (TPSA) is 47.6 Å². The summed E-state index contributed by atoms with van der Waals surface area (Å²) in [5.74, 6) is -0.0654. The average molecular weight is 373 g/mol. The fourth-order valence-electron chi connectivity index (χ4n) is 2.98. The van der Waals surface area contributed by atoms with Crippen molar-refractivity contribution in [1.29, 1.82) is 0 Å². The summed E-state index contributed by atoms with van der Waals surface area (Å²) in [5.41, 5.74) is 3.00. The number of nitrogens with zero attached hydrogens (tertiary/aromatic N) is 2. The van der Waals surface area contributed by atoms with Crippen LogP contribution in [-0.2, 0) is 11.3 Å². The summed E-state index contributed by atoms with van der Waals surface area (Å²) in [6.45, 7) is 5.04. The van der Waals surface area contributed by atoms with Gasteiger partial charge in [0.25, 0.3) is 0 Å². The third-order valence-electron chi connectivity index (χ3n) is 4.58. The Morgan fingerprint density at radius 1 is 1.04 bits per heavy atom. The van der Waals surface area contributed by atoms with Gasteiger partial charge in [0.1, 0.15) is 0 Å². The number of benzene rings is 2. The van der Waals surface area contributed by atoms with Crippen molar-refractivity contribution in [2.24, 2.45) is 0 Å². The third-order valence-corrected chi connectivity index (χ3v) is 4.95. The first kappa shape index (κ1) is 18.7. The second kappa shape index (κ2) is 9.03. The van der Waals surface area contributed by atoms with Crippen LogP contribution in [0.25, 0.3) is 0 Å². The summed E-state index contributed by atoms with van der Waals surface area (Å²) < 4.78 is 0. The normalized spacial score (nSPS) is 15.1. The highest BCUT2D eigenvalue weighted by atomic mass is 35.5. The van der Waals surface area contributed by atoms with E-state index in [9.17, 15) is 4.79 Å². The SMILES string of the molecule is CN1CCN(c2ccc(NC(=O)CNCc3ccccc3Cl)cc2)CC1. The highest BCUT2D eigenvalue weighted by Gasteiger charge is 2.14. The minimum Gasteiger partial charge on any atom is -0.369 e. The fraction of sp³-hybridized carbons (Fsp3) is 0.350. The van der Waals surface area contributed by atoms with Crippen molar-refractivity contribution in [3.8, 4) is 0 Å². The maximum Gasteiger partial charge on any atom is 0.238 e. The van der Waals surface area contributed by atoms with Crippen molar-refractivity contribution in [2.75, 3.05) is 50.0 Å². The van der Waals surface area contributed by atoms with Gasteiger partial charge in [-0.1, -0.05) is 29.8 Å². The molecule has 0 saturated carbocycles. The number of carbonyl (C=O) groups excluding carboxylic acids is 1. The summed E-state index contributed by atoms with van der Waals surface area (Å²) in [6, 6.07) is 15.7. The lowest BCUT2D eigenvalue weighted by Gasteiger charge is -2.34. The number of piperazine rings is 1. The molecule has 2 aromatic rings. The minimum absolute atomic E-state index is 0.0654. The Morgan fingerprint density at radius 3 is 2.42 bits per heavy atom. The molecule has 6 heteroatoms. The van der Waals surface area contributed by atoms with Crippen LogP contribution in [0.5, 0.6) is 0 Å². The second-order valence-corrected chi connectivity index (χ2v) is 6.99. The van der Waals surface area contributed by atoms with E-state index in [1.807, 2.05) is 36.4 Å². The maximum absolute atomic E-state index is 12.1. The maximum atomic E-state index is 12.1. The van der Waals surface area contributed by atoms with Crippen molar-refractivity contribution in [3.63, 3.8) is 0 Å². The molecular weight excluding hydrogens is 348 g/mol. The molecule has 26 heavy (non-hydrogen) atoms. The van der Waals surface area contributed by atoms with Crippen molar-refractivity contribution in [1.82, 2.24) is 10.2 Å². The van der Waals surface area contributed by atoms with Gasteiger partial charge in [-0.3, -0.25) is 4.79 Å². The average Bonchev–Trinajstić information content (AvgIpc) is 2.65. The van der Waals surface area contributed by atoms with Gasteiger partial charge in [0.15, 0.2) is 0 Å². The predicted molar refractivity (Wildman–Crippen MR) is 108 cm³/mol. The number of hydrogen-bond donors (Lipinski definition) is 2. The highest BCUT2D eigenvalue weighted by molar-refractivity contribution is 6.31. The fourth-order valence-corrected chi connectivity index (χ4v) is 3.18. The van der Waals surface area contributed by atoms with Crippen molar-refractivity contribution < 1.29 is 4.79 Å². The molecule has 1 saturated heterocycles. The molecule has 5 nitrogen and oxygen atoms in total. The van der Waals surface area contributed by atoms with Gasteiger partial charge in [-0.05, 0) is 42.9 Å². The van der Waals surface area contributed by atoms with Gasteiger partial charge >= 0.3 is 0 Å². The van der Waals surface area contributed by atoms with Gasteiger partial charge in [0.05, 0.1) is 6.54 Å². The summed E-state index contributed by atoms with van der Waals surface area (Å²) >= 11 is 6.11. The van der Waals surface area contributed by atoms with Crippen molar-refractivity contribution in [3.05, 3.63) is 59.1 Å². The first-order valence-corrected chi connectivity index (χ1v) is 9.27. The lowest BCUT2D eigenvalue weighted by molar-refractivity contribution is -0.115. The quantitative estimate of drug-likeness (QED) is 0.818. The Morgan fingerprint density at radius 2 is 1.73 bits per heavy atom. The lowest BCUT2D eigenvalue weighted by Crippen LogP contribution is -2.44. The van der Waals surface area contributed by atoms with Crippen LogP contribution in [0.2, 0.25) is 5.02 Å². The third kappa shape index (κ3) is 5.21. The molecule has 0 aromatic heterocycles. The first-order chi connectivity index (χ1) is 12.6. The van der Waals surface area contributed by atoms with E-state index in [2.05, 4.69) is 39.6 Å². The standard InChI is InChI=1S/C20H25ClN4O/c1-24-10-12-25(13-11-24)18-8-6-17(7-9-18)23-20(26)15-22-14-16-4-2-3-5-19(16)21/h2-9,22H,10-15H2,1H3,(H,23,26). The highest BCUT2D eigenvalue weighted by Crippen LogP contribution is 2.19. The number of rotatable bonds is 6. The molecule has 138 valence electrons. The van der Waals surface area contributed by atoms with Gasteiger partial charge in [-0.2, -0.15) is 0 Å². The zero-order valence-corrected chi connectivity index (χ0v) is 15.8. The number of nitrogens with one attached hydrogen (secondary N) is 2. The molecule has 1 aliphatic heterocycles. The molecule has 0 radical (unpaired) electrons. The number of likely N-dealkylation sites (N-methyl/N-ethyl adjacent to an activating group) is 1. The van der Waals surface area contributed by atoms with Gasteiger partial charge < -0.3 is 20.4 Å². The van der Waals surface area contributed by atoms with Gasteiger partial charge in [-0.25, -0.2) is 0 Å². The Labute approximate surface area is 159 Å². The molecule has 3 rings (SSSR count). The van der Waals surface area contributed by atoms with Gasteiger partial charge in [0.2, 0.25) is 5.91 Å². The molecule has 1 heterocycles. The van der Waals surface area contributed by atoms with Crippen molar-refractivity contribution in [2.45, 2.75) is 6.54 Å². The molecule has 0 spiro atoms. The number of carbonyl (C=O) groups is 1. The summed E-state index contributed by atoms with van der Waals surface area (Å²) in [5, 5.41) is 6.75. The Kier molecular flexibility index (Phi) is 6.50. The lowest BCUT2D eigenvalue weighted by atomic mass is 10.2. The molecule has 0 unspecified atom stereocenters. The summed E-state index contributed by atoms with van der Waals surface area (Å²) in [7, 11) is 2.15. The molecule has 0 aliphatic carbocycles. The van der Waals surface area contributed by atoms with Crippen LogP contribution >= 0.6 is 11.6 Å². The van der Waals surface area contributed by atoms with E-state index in [4.69, 9.17) is 11.6 Å². The number of anilines is 2. The smallest absolute Gasteiger partial charge is 0.238 e. The van der Waals surface area contributed by atoms with Gasteiger partial charge in [-0.15, -0.1) is 0 Å². The van der Waals surface area contributed by atoms with E-state index < -0.39 is 0 Å².